The Kier molecular flexibility index (Phi) is 7.44. The largest absolute Gasteiger partial charge is 0.507 e. The Balaban J connectivity index is 1.86. The van der Waals surface area contributed by atoms with E-state index in [9.17, 15) is 14.7 Å². The molecule has 2 rings (SSSR count). The molecule has 0 bridgehead atoms. The maximum Gasteiger partial charge on any atom is 0.238 e. The molecule has 1 heterocycles. The van der Waals surface area contributed by atoms with Gasteiger partial charge < -0.3 is 26.0 Å². The minimum atomic E-state index is -0.687. The number of aliphatic hydroxyl groups excluding tert-OH is 1. The Bertz CT molecular complexity index is 637. The fourth-order valence-corrected chi connectivity index (χ4v) is 2.81. The van der Waals surface area contributed by atoms with E-state index < -0.39 is 6.04 Å². The van der Waals surface area contributed by atoms with Crippen LogP contribution in [-0.4, -0.2) is 80.1 Å². The summed E-state index contributed by atoms with van der Waals surface area (Å²) in [5, 5.41) is 21.4. The fraction of sp³-hybridized carbons (Fsp3) is 0.529. The maximum atomic E-state index is 11.7. The number of aldehydes is 1. The molecule has 1 saturated heterocycles. The number of phenols is 1. The summed E-state index contributed by atoms with van der Waals surface area (Å²) >= 11 is 0. The van der Waals surface area contributed by atoms with Crippen LogP contribution in [0.3, 0.4) is 0 Å². The number of aromatic hydroxyl groups is 1. The number of hydrogen-bond acceptors (Lipinski definition) is 7. The molecule has 2 radical (unpaired) electrons. The van der Waals surface area contributed by atoms with Gasteiger partial charge in [0, 0.05) is 26.2 Å². The van der Waals surface area contributed by atoms with Gasteiger partial charge in [0.25, 0.3) is 0 Å². The Morgan fingerprint density at radius 3 is 2.85 bits per heavy atom. The summed E-state index contributed by atoms with van der Waals surface area (Å²) in [6.45, 7) is 1.54. The zero-order chi connectivity index (χ0) is 19.1. The van der Waals surface area contributed by atoms with Gasteiger partial charge in [-0.3, -0.25) is 14.5 Å². The second-order valence-corrected chi connectivity index (χ2v) is 6.22. The summed E-state index contributed by atoms with van der Waals surface area (Å²) < 4.78 is 5.78. The van der Waals surface area contributed by atoms with Crippen LogP contribution in [0.1, 0.15) is 15.9 Å². The number of amides is 1. The van der Waals surface area contributed by atoms with Gasteiger partial charge in [-0.2, -0.15) is 0 Å². The monoisotopic (exact) mass is 361 g/mol. The topological polar surface area (TPSA) is 125 Å². The maximum absolute atomic E-state index is 11.7. The second-order valence-electron chi connectivity index (χ2n) is 6.22. The van der Waals surface area contributed by atoms with E-state index in [1.54, 1.807) is 12.1 Å². The molecule has 1 aliphatic rings. The molecule has 1 atom stereocenters. The van der Waals surface area contributed by atoms with Crippen LogP contribution in [0.2, 0.25) is 6.32 Å². The van der Waals surface area contributed by atoms with Crippen molar-refractivity contribution in [2.75, 3.05) is 32.8 Å². The van der Waals surface area contributed by atoms with Gasteiger partial charge in [0.2, 0.25) is 5.91 Å². The van der Waals surface area contributed by atoms with Crippen molar-refractivity contribution in [2.45, 2.75) is 24.9 Å². The van der Waals surface area contributed by atoms with Crippen molar-refractivity contribution in [1.29, 1.82) is 0 Å². The van der Waals surface area contributed by atoms with E-state index in [-0.39, 0.29) is 36.5 Å². The summed E-state index contributed by atoms with van der Waals surface area (Å²) in [6.07, 6.45) is 1.26. The van der Waals surface area contributed by atoms with Gasteiger partial charge in [-0.05, 0) is 18.1 Å². The van der Waals surface area contributed by atoms with E-state index in [1.807, 2.05) is 4.90 Å². The lowest BCUT2D eigenvalue weighted by Gasteiger charge is -2.40. The third-order valence-electron chi connectivity index (χ3n) is 4.21. The van der Waals surface area contributed by atoms with Crippen molar-refractivity contribution in [3.63, 3.8) is 0 Å². The molecule has 1 fully saturated rings. The lowest BCUT2D eigenvalue weighted by Crippen LogP contribution is -2.59. The average Bonchev–Trinajstić information content (AvgIpc) is 2.60. The number of rotatable bonds is 10. The molecule has 0 aliphatic carbocycles. The van der Waals surface area contributed by atoms with Gasteiger partial charge in [0.05, 0.1) is 26.1 Å². The molecular formula is C17H24BN3O5. The summed E-state index contributed by atoms with van der Waals surface area (Å²) in [4.78, 5) is 24.9. The quantitative estimate of drug-likeness (QED) is 0.306. The van der Waals surface area contributed by atoms with Crippen LogP contribution in [0.25, 0.3) is 0 Å². The first-order chi connectivity index (χ1) is 12.5. The van der Waals surface area contributed by atoms with Crippen LogP contribution in [-0.2, 0) is 11.2 Å². The number of aliphatic hydroxyl groups is 1. The number of carbonyl (C=O) groups is 2. The van der Waals surface area contributed by atoms with Crippen LogP contribution in [0.5, 0.6) is 11.5 Å². The first-order valence-electron chi connectivity index (χ1n) is 8.53. The van der Waals surface area contributed by atoms with E-state index in [4.69, 9.17) is 23.4 Å². The Morgan fingerprint density at radius 2 is 2.23 bits per heavy atom. The first-order valence-corrected chi connectivity index (χ1v) is 8.53. The molecule has 1 unspecified atom stereocenters. The lowest BCUT2D eigenvalue weighted by molar-refractivity contribution is -0.123. The number of nitrogens with zero attached hydrogens (tertiary/aromatic N) is 1. The van der Waals surface area contributed by atoms with E-state index in [1.165, 1.54) is 0 Å². The van der Waals surface area contributed by atoms with Crippen molar-refractivity contribution in [3.8, 4) is 11.5 Å². The molecule has 0 saturated carbocycles. The average molecular weight is 361 g/mol. The number of likely N-dealkylation sites (tertiary alicyclic amines) is 1. The number of benzene rings is 1. The number of aryl methyl sites for hydroxylation is 1. The highest BCUT2D eigenvalue weighted by Crippen LogP contribution is 2.32. The molecule has 1 aliphatic heterocycles. The zero-order valence-corrected chi connectivity index (χ0v) is 14.6. The predicted octanol–water partition coefficient (Wildman–Crippen LogP) is -1.17. The SMILES string of the molecule is [B]CCc1ccc(OC2CN(CC(N)C(=O)NCCO)C2)c(C=O)c1O. The van der Waals surface area contributed by atoms with Crippen LogP contribution < -0.4 is 15.8 Å². The molecular weight excluding hydrogens is 337 g/mol. The number of phenolic OH excluding ortho intramolecular Hbond substituents is 1. The third kappa shape index (κ3) is 4.97. The molecule has 140 valence electrons. The standard InChI is InChI=1S/C17H24BN3O5/c18-4-3-11-1-2-15(13(10-23)16(11)24)26-12-7-21(8-12)9-14(19)17(25)20-5-6-22/h1-2,10,12,14,22,24H,3-9,19H2,(H,20,25). The fourth-order valence-electron chi connectivity index (χ4n) is 2.81. The molecule has 5 N–H and O–H groups in total. The van der Waals surface area contributed by atoms with Gasteiger partial charge in [-0.25, -0.2) is 0 Å². The number of nitrogens with one attached hydrogen (secondary N) is 1. The summed E-state index contributed by atoms with van der Waals surface area (Å²) in [5.74, 6) is -0.0818. The minimum Gasteiger partial charge on any atom is -0.507 e. The number of carbonyl (C=O) groups excluding carboxylic acids is 2. The second kappa shape index (κ2) is 9.56. The molecule has 8 nitrogen and oxygen atoms in total. The molecule has 1 aromatic carbocycles. The Labute approximate surface area is 153 Å². The minimum absolute atomic E-state index is 0.0956. The van der Waals surface area contributed by atoms with Crippen LogP contribution in [0, 0.1) is 0 Å². The third-order valence-corrected chi connectivity index (χ3v) is 4.21. The van der Waals surface area contributed by atoms with Gasteiger partial charge in [-0.15, -0.1) is 0 Å². The van der Waals surface area contributed by atoms with Gasteiger partial charge in [0.15, 0.2) is 6.29 Å². The van der Waals surface area contributed by atoms with E-state index in [0.29, 0.717) is 50.0 Å². The van der Waals surface area contributed by atoms with Crippen molar-refractivity contribution < 1.29 is 24.5 Å². The predicted molar refractivity (Wildman–Crippen MR) is 96.7 cm³/mol. The number of hydrogen-bond donors (Lipinski definition) is 4. The summed E-state index contributed by atoms with van der Waals surface area (Å²) in [5.41, 5.74) is 6.54. The normalized spacial score (nSPS) is 15.9. The Morgan fingerprint density at radius 1 is 1.50 bits per heavy atom. The van der Waals surface area contributed by atoms with Crippen molar-refractivity contribution in [2.24, 2.45) is 5.73 Å². The van der Waals surface area contributed by atoms with Gasteiger partial charge >= 0.3 is 0 Å². The number of ether oxygens (including phenoxy) is 1. The van der Waals surface area contributed by atoms with Gasteiger partial charge in [0.1, 0.15) is 17.6 Å². The summed E-state index contributed by atoms with van der Waals surface area (Å²) in [7, 11) is 5.49. The lowest BCUT2D eigenvalue weighted by atomic mass is 9.95. The van der Waals surface area contributed by atoms with E-state index in [0.717, 1.165) is 0 Å². The molecule has 9 heteroatoms. The molecule has 26 heavy (non-hydrogen) atoms. The molecule has 1 aromatic rings. The smallest absolute Gasteiger partial charge is 0.238 e. The molecule has 1 amide bonds. The van der Waals surface area contributed by atoms with E-state index >= 15 is 0 Å². The highest BCUT2D eigenvalue weighted by atomic mass is 16.5. The zero-order valence-electron chi connectivity index (χ0n) is 14.6. The highest BCUT2D eigenvalue weighted by Gasteiger charge is 2.31. The van der Waals surface area contributed by atoms with Gasteiger partial charge in [-0.1, -0.05) is 12.4 Å². The molecule has 0 spiro atoms. The Hall–Kier alpha value is -2.10. The van der Waals surface area contributed by atoms with Crippen LogP contribution >= 0.6 is 0 Å². The molecule has 0 aromatic heterocycles. The van der Waals surface area contributed by atoms with Crippen molar-refractivity contribution in [3.05, 3.63) is 23.3 Å². The van der Waals surface area contributed by atoms with Crippen molar-refractivity contribution >= 4 is 20.0 Å². The summed E-state index contributed by atoms with van der Waals surface area (Å²) in [6, 6.07) is 2.67. The first kappa shape index (κ1) is 20.2. The number of nitrogens with two attached hydrogens (primary N) is 1. The van der Waals surface area contributed by atoms with Crippen molar-refractivity contribution in [1.82, 2.24) is 10.2 Å². The van der Waals surface area contributed by atoms with Crippen LogP contribution in [0.15, 0.2) is 12.1 Å². The van der Waals surface area contributed by atoms with Crippen LogP contribution in [0.4, 0.5) is 0 Å². The highest BCUT2D eigenvalue weighted by molar-refractivity contribution is 6.08. The van der Waals surface area contributed by atoms with E-state index in [2.05, 4.69) is 5.32 Å².